The van der Waals surface area contributed by atoms with E-state index in [-0.39, 0.29) is 6.10 Å². The summed E-state index contributed by atoms with van der Waals surface area (Å²) in [5.74, 6) is 1.54. The Labute approximate surface area is 111 Å². The van der Waals surface area contributed by atoms with Crippen LogP contribution in [0.5, 0.6) is 5.75 Å². The summed E-state index contributed by atoms with van der Waals surface area (Å²) in [6.07, 6.45) is -0.214. The lowest BCUT2D eigenvalue weighted by atomic mass is 10.1. The molecule has 1 aromatic carbocycles. The third-order valence-electron chi connectivity index (χ3n) is 2.71. The Balaban J connectivity index is 2.32. The summed E-state index contributed by atoms with van der Waals surface area (Å²) in [5.41, 5.74) is 7.12. The lowest BCUT2D eigenvalue weighted by molar-refractivity contribution is 0.0683. The van der Waals surface area contributed by atoms with Crippen molar-refractivity contribution in [3.63, 3.8) is 0 Å². The number of benzene rings is 1. The molecule has 0 aliphatic heterocycles. The molecule has 0 aliphatic carbocycles. The van der Waals surface area contributed by atoms with Gasteiger partial charge in [0.2, 0.25) is 5.82 Å². The van der Waals surface area contributed by atoms with Gasteiger partial charge in [0.15, 0.2) is 0 Å². The van der Waals surface area contributed by atoms with Crippen LogP contribution in [0, 0.1) is 0 Å². The van der Waals surface area contributed by atoms with E-state index in [0.717, 1.165) is 0 Å². The van der Waals surface area contributed by atoms with Crippen molar-refractivity contribution in [1.29, 1.82) is 0 Å². The van der Waals surface area contributed by atoms with E-state index < -0.39 is 0 Å². The van der Waals surface area contributed by atoms with E-state index in [9.17, 15) is 0 Å². The molecule has 2 aromatic rings. The number of anilines is 1. The Bertz CT molecular complexity index is 554. The maximum atomic E-state index is 5.91. The van der Waals surface area contributed by atoms with Gasteiger partial charge in [0, 0.05) is 12.3 Å². The van der Waals surface area contributed by atoms with Gasteiger partial charge in [-0.2, -0.15) is 4.98 Å². The fraction of sp³-hybridized carbons (Fsp3) is 0.385. The molecule has 102 valence electrons. The quantitative estimate of drug-likeness (QED) is 0.834. The van der Waals surface area contributed by atoms with Gasteiger partial charge in [0.05, 0.1) is 12.7 Å². The highest BCUT2D eigenvalue weighted by Gasteiger charge is 2.17. The molecule has 0 saturated heterocycles. The monoisotopic (exact) mass is 263 g/mol. The Morgan fingerprint density at radius 1 is 1.42 bits per heavy atom. The predicted octanol–water partition coefficient (Wildman–Crippen LogP) is 2.42. The zero-order valence-electron chi connectivity index (χ0n) is 11.2. The second kappa shape index (κ2) is 5.71. The van der Waals surface area contributed by atoms with Gasteiger partial charge in [-0.3, -0.25) is 0 Å². The van der Waals surface area contributed by atoms with Crippen molar-refractivity contribution in [2.45, 2.75) is 20.0 Å². The minimum absolute atomic E-state index is 0.214. The molecule has 1 atom stereocenters. The number of methoxy groups -OCH3 is 1. The first-order chi connectivity index (χ1) is 9.15. The van der Waals surface area contributed by atoms with Gasteiger partial charge in [-0.05, 0) is 32.0 Å². The zero-order chi connectivity index (χ0) is 13.8. The topological polar surface area (TPSA) is 83.4 Å². The number of ether oxygens (including phenoxy) is 2. The van der Waals surface area contributed by atoms with E-state index in [1.54, 1.807) is 25.3 Å². The minimum atomic E-state index is -0.214. The normalized spacial score (nSPS) is 12.4. The summed E-state index contributed by atoms with van der Waals surface area (Å²) < 4.78 is 15.8. The maximum absolute atomic E-state index is 5.91. The van der Waals surface area contributed by atoms with Crippen LogP contribution < -0.4 is 10.5 Å². The van der Waals surface area contributed by atoms with Gasteiger partial charge in [0.1, 0.15) is 11.9 Å². The van der Waals surface area contributed by atoms with Crippen LogP contribution in [0.3, 0.4) is 0 Å². The van der Waals surface area contributed by atoms with Crippen LogP contribution in [0.1, 0.15) is 25.8 Å². The molecule has 1 unspecified atom stereocenters. The molecule has 0 aliphatic rings. The molecule has 2 rings (SSSR count). The lowest BCUT2D eigenvalue weighted by Gasteiger charge is -2.05. The molecule has 0 fully saturated rings. The minimum Gasteiger partial charge on any atom is -0.497 e. The van der Waals surface area contributed by atoms with Crippen molar-refractivity contribution in [2.75, 3.05) is 19.5 Å². The van der Waals surface area contributed by atoms with Crippen molar-refractivity contribution < 1.29 is 14.0 Å². The van der Waals surface area contributed by atoms with E-state index in [1.807, 2.05) is 13.8 Å². The fourth-order valence-electron chi connectivity index (χ4n) is 1.68. The highest BCUT2D eigenvalue weighted by atomic mass is 16.5. The van der Waals surface area contributed by atoms with Gasteiger partial charge >= 0.3 is 0 Å². The van der Waals surface area contributed by atoms with Gasteiger partial charge in [-0.1, -0.05) is 5.16 Å². The highest BCUT2D eigenvalue weighted by Crippen LogP contribution is 2.29. The molecule has 1 heterocycles. The van der Waals surface area contributed by atoms with E-state index in [2.05, 4.69) is 10.1 Å². The molecule has 2 N–H and O–H groups in total. The van der Waals surface area contributed by atoms with Crippen LogP contribution in [-0.2, 0) is 4.74 Å². The number of nitrogens with zero attached hydrogens (tertiary/aromatic N) is 2. The van der Waals surface area contributed by atoms with Gasteiger partial charge in [0.25, 0.3) is 5.89 Å². The predicted molar refractivity (Wildman–Crippen MR) is 70.7 cm³/mol. The largest absolute Gasteiger partial charge is 0.497 e. The molecular formula is C13H17N3O3. The van der Waals surface area contributed by atoms with Gasteiger partial charge in [-0.25, -0.2) is 0 Å². The van der Waals surface area contributed by atoms with Crippen LogP contribution in [0.15, 0.2) is 22.7 Å². The van der Waals surface area contributed by atoms with Crippen molar-refractivity contribution in [3.8, 4) is 17.2 Å². The Morgan fingerprint density at radius 3 is 2.89 bits per heavy atom. The van der Waals surface area contributed by atoms with Gasteiger partial charge < -0.3 is 19.7 Å². The highest BCUT2D eigenvalue weighted by molar-refractivity contribution is 5.72. The summed E-state index contributed by atoms with van der Waals surface area (Å²) in [4.78, 5) is 4.30. The third kappa shape index (κ3) is 2.85. The molecule has 0 amide bonds. The average molecular weight is 263 g/mol. The molecular weight excluding hydrogens is 246 g/mol. The Kier molecular flexibility index (Phi) is 4.01. The molecule has 6 nitrogen and oxygen atoms in total. The van der Waals surface area contributed by atoms with Crippen LogP contribution in [0.4, 0.5) is 5.69 Å². The number of rotatable bonds is 5. The second-order valence-electron chi connectivity index (χ2n) is 4.01. The van der Waals surface area contributed by atoms with Crippen LogP contribution >= 0.6 is 0 Å². The van der Waals surface area contributed by atoms with Crippen LogP contribution in [0.2, 0.25) is 0 Å². The van der Waals surface area contributed by atoms with Crippen molar-refractivity contribution in [3.05, 3.63) is 24.0 Å². The van der Waals surface area contributed by atoms with Crippen molar-refractivity contribution in [2.24, 2.45) is 0 Å². The Morgan fingerprint density at radius 2 is 2.21 bits per heavy atom. The molecule has 0 spiro atoms. The molecule has 6 heteroatoms. The maximum Gasteiger partial charge on any atom is 0.260 e. The SMILES string of the molecule is CCOC(C)c1noc(-c2cc(OC)ccc2N)n1. The van der Waals surface area contributed by atoms with E-state index in [4.69, 9.17) is 19.7 Å². The summed E-state index contributed by atoms with van der Waals surface area (Å²) >= 11 is 0. The second-order valence-corrected chi connectivity index (χ2v) is 4.01. The molecule has 0 bridgehead atoms. The zero-order valence-corrected chi connectivity index (χ0v) is 11.2. The van der Waals surface area contributed by atoms with Gasteiger partial charge in [-0.15, -0.1) is 0 Å². The average Bonchev–Trinajstić information content (AvgIpc) is 2.89. The number of nitrogen functional groups attached to an aromatic ring is 1. The molecule has 1 aromatic heterocycles. The first-order valence-electron chi connectivity index (χ1n) is 6.04. The fourth-order valence-corrected chi connectivity index (χ4v) is 1.68. The van der Waals surface area contributed by atoms with Crippen LogP contribution in [0.25, 0.3) is 11.5 Å². The molecule has 19 heavy (non-hydrogen) atoms. The molecule has 0 radical (unpaired) electrons. The number of nitrogens with two attached hydrogens (primary N) is 1. The van der Waals surface area contributed by atoms with E-state index >= 15 is 0 Å². The summed E-state index contributed by atoms with van der Waals surface area (Å²) in [5, 5.41) is 3.90. The smallest absolute Gasteiger partial charge is 0.260 e. The van der Waals surface area contributed by atoms with E-state index in [1.165, 1.54) is 0 Å². The van der Waals surface area contributed by atoms with Crippen LogP contribution in [-0.4, -0.2) is 23.9 Å². The summed E-state index contributed by atoms with van der Waals surface area (Å²) in [7, 11) is 1.59. The standard InChI is InChI=1S/C13H17N3O3/c1-4-18-8(2)12-15-13(19-16-12)10-7-9(17-3)5-6-11(10)14/h5-8H,4,14H2,1-3H3. The lowest BCUT2D eigenvalue weighted by Crippen LogP contribution is -2.01. The van der Waals surface area contributed by atoms with Crippen molar-refractivity contribution in [1.82, 2.24) is 10.1 Å². The van der Waals surface area contributed by atoms with Crippen molar-refractivity contribution >= 4 is 5.69 Å². The molecule has 0 saturated carbocycles. The summed E-state index contributed by atoms with van der Waals surface area (Å²) in [6.45, 7) is 4.37. The Hall–Kier alpha value is -2.08. The number of hydrogen-bond donors (Lipinski definition) is 1. The first-order valence-corrected chi connectivity index (χ1v) is 6.04. The van der Waals surface area contributed by atoms with E-state index in [0.29, 0.717) is 35.3 Å². The summed E-state index contributed by atoms with van der Waals surface area (Å²) in [6, 6.07) is 5.28. The number of hydrogen-bond acceptors (Lipinski definition) is 6. The number of aromatic nitrogens is 2. The third-order valence-corrected chi connectivity index (χ3v) is 2.71. The first kappa shape index (κ1) is 13.4.